The van der Waals surface area contributed by atoms with E-state index >= 15 is 0 Å². The summed E-state index contributed by atoms with van der Waals surface area (Å²) in [4.78, 5) is 44.1. The van der Waals surface area contributed by atoms with Gasteiger partial charge in [-0.25, -0.2) is 17.5 Å². The van der Waals surface area contributed by atoms with Crippen LogP contribution in [0.15, 0.2) is 0 Å². The van der Waals surface area contributed by atoms with E-state index in [1.165, 1.54) is 11.4 Å². The fourth-order valence-electron chi connectivity index (χ4n) is 9.59. The maximum Gasteiger partial charge on any atom is 0.481 e. The zero-order valence-electron chi connectivity index (χ0n) is 33.0. The first-order valence-electron chi connectivity index (χ1n) is 18.6. The highest BCUT2D eigenvalue weighted by molar-refractivity contribution is 7.88. The Morgan fingerprint density at radius 3 is 2.10 bits per heavy atom. The third-order valence-electron chi connectivity index (χ3n) is 13.6. The van der Waals surface area contributed by atoms with E-state index in [-0.39, 0.29) is 53.1 Å². The number of urea groups is 1. The molecule has 14 heteroatoms. The third-order valence-corrected chi connectivity index (χ3v) is 14.9. The molecule has 12 nitrogen and oxygen atoms in total. The van der Waals surface area contributed by atoms with Gasteiger partial charge >= 0.3 is 13.1 Å². The second-order valence-electron chi connectivity index (χ2n) is 19.6. The van der Waals surface area contributed by atoms with E-state index in [1.807, 2.05) is 48.5 Å². The van der Waals surface area contributed by atoms with Crippen molar-refractivity contribution >= 4 is 35.0 Å². The molecule has 0 spiro atoms. The van der Waals surface area contributed by atoms with Gasteiger partial charge in [0.1, 0.15) is 12.1 Å². The first-order chi connectivity index (χ1) is 22.6. The van der Waals surface area contributed by atoms with Crippen LogP contribution in [-0.4, -0.2) is 105 Å². The fraction of sp³-hybridized carbons (Fsp3) is 0.917. The van der Waals surface area contributed by atoms with Crippen LogP contribution in [0.25, 0.3) is 0 Å². The summed E-state index contributed by atoms with van der Waals surface area (Å²) in [5.41, 5.74) is -1.44. The number of carbonyl (C=O) groups is 3. The highest BCUT2D eigenvalue weighted by Crippen LogP contribution is 2.66. The Bertz CT molecular complexity index is 1480. The van der Waals surface area contributed by atoms with Crippen LogP contribution in [0.2, 0.25) is 0 Å². The summed E-state index contributed by atoms with van der Waals surface area (Å²) in [5, 5.41) is 9.12. The number of amides is 4. The average Bonchev–Trinajstić information content (AvgIpc) is 3.29. The van der Waals surface area contributed by atoms with Crippen LogP contribution in [0.5, 0.6) is 0 Å². The van der Waals surface area contributed by atoms with Gasteiger partial charge in [0.05, 0.1) is 23.9 Å². The highest BCUT2D eigenvalue weighted by Gasteiger charge is 2.71. The largest absolute Gasteiger partial charge is 0.481 e. The molecule has 6 aliphatic rings. The third kappa shape index (κ3) is 6.84. The first kappa shape index (κ1) is 39.3. The van der Waals surface area contributed by atoms with Crippen LogP contribution in [0.3, 0.4) is 0 Å². The number of sulfonamides is 1. The van der Waals surface area contributed by atoms with Crippen LogP contribution >= 0.6 is 0 Å². The zero-order chi connectivity index (χ0) is 37.7. The summed E-state index contributed by atoms with van der Waals surface area (Å²) < 4.78 is 38.8. The SMILES string of the molecule is CC[C@H](NC(=O)[C@@H]1[C@@H]2[C@H](CN1C(=O)[C@@H](NC(=O)N[C@H](CN(C)S(C)(=O)=O)C(C)(C)C)C(C)(C)C)C2(C)C)B1O[C@@H]2CC3CC(C3(C)C)[C@]2(C)O1. The number of carbonyl (C=O) groups excluding carboxylic acids is 3. The summed E-state index contributed by atoms with van der Waals surface area (Å²) in [5.74, 6) is 0.301. The van der Waals surface area contributed by atoms with Gasteiger partial charge < -0.3 is 30.2 Å². The summed E-state index contributed by atoms with van der Waals surface area (Å²) >= 11 is 0. The van der Waals surface area contributed by atoms with Crippen molar-refractivity contribution in [2.24, 2.45) is 45.3 Å². The minimum atomic E-state index is -3.47. The van der Waals surface area contributed by atoms with Gasteiger partial charge in [-0.1, -0.05) is 76.2 Å². The van der Waals surface area contributed by atoms with Gasteiger partial charge in [-0.05, 0) is 71.5 Å². The minimum absolute atomic E-state index is 0.000879. The molecule has 2 unspecified atom stereocenters. The first-order valence-corrected chi connectivity index (χ1v) is 20.4. The van der Waals surface area contributed by atoms with E-state index in [2.05, 4.69) is 50.6 Å². The average molecular weight is 722 g/mol. The Balaban J connectivity index is 1.31. The molecule has 284 valence electrons. The monoisotopic (exact) mass is 721 g/mol. The molecule has 2 saturated heterocycles. The molecule has 0 aromatic heterocycles. The van der Waals surface area contributed by atoms with Crippen molar-refractivity contribution in [3.05, 3.63) is 0 Å². The summed E-state index contributed by atoms with van der Waals surface area (Å²) in [7, 11) is -2.56. The molecule has 4 saturated carbocycles. The maximum atomic E-state index is 14.5. The number of nitrogens with one attached hydrogen (secondary N) is 3. The Hall–Kier alpha value is -1.90. The van der Waals surface area contributed by atoms with Gasteiger partial charge in [0, 0.05) is 26.2 Å². The van der Waals surface area contributed by atoms with E-state index < -0.39 is 57.7 Å². The number of rotatable bonds is 10. The number of fused-ring (bicyclic) bond motifs is 1. The maximum absolute atomic E-state index is 14.5. The molecule has 4 aliphatic carbocycles. The van der Waals surface area contributed by atoms with Crippen LogP contribution in [0, 0.1) is 45.3 Å². The number of piperidine rings is 1. The molecule has 6 fully saturated rings. The van der Waals surface area contributed by atoms with Crippen LogP contribution in [-0.2, 0) is 28.9 Å². The standard InChI is InChI=1S/C36H64BN5O7S/c1-15-25(37-48-24-17-20-16-22(34(20,8)9)36(24,12)49-37)39-29(43)27-26-21(35(26,10)11)18-42(27)30(44)28(33(5,6)7)40-31(45)38-23(32(2,3)4)19-41(13)50(14,46)47/h20-28H,15-19H2,1-14H3,(H,39,43)(H2,38,40,45)/t20?,21-,22?,23+,24+,25-,26-,27-,28+,36-/m0/s1. The van der Waals surface area contributed by atoms with E-state index in [4.69, 9.17) is 9.31 Å². The predicted octanol–water partition coefficient (Wildman–Crippen LogP) is 3.65. The number of hydrogen-bond donors (Lipinski definition) is 3. The smallest absolute Gasteiger partial charge is 0.404 e. The second-order valence-corrected chi connectivity index (χ2v) is 21.7. The lowest BCUT2D eigenvalue weighted by molar-refractivity contribution is -0.199. The van der Waals surface area contributed by atoms with Gasteiger partial charge in [0.15, 0.2) is 0 Å². The number of nitrogens with zero attached hydrogens (tertiary/aromatic N) is 2. The molecule has 0 aromatic rings. The molecule has 50 heavy (non-hydrogen) atoms. The fourth-order valence-corrected chi connectivity index (χ4v) is 10.0. The van der Waals surface area contributed by atoms with Crippen molar-refractivity contribution in [1.29, 1.82) is 0 Å². The lowest BCUT2D eigenvalue weighted by Gasteiger charge is -2.64. The van der Waals surface area contributed by atoms with Crippen molar-refractivity contribution in [2.45, 2.75) is 138 Å². The van der Waals surface area contributed by atoms with Gasteiger partial charge in [-0.15, -0.1) is 0 Å². The molecular weight excluding hydrogens is 657 g/mol. The second kappa shape index (κ2) is 12.6. The molecule has 10 atom stereocenters. The van der Waals surface area contributed by atoms with Gasteiger partial charge in [-0.2, -0.15) is 0 Å². The van der Waals surface area contributed by atoms with Crippen molar-refractivity contribution in [2.75, 3.05) is 26.4 Å². The summed E-state index contributed by atoms with van der Waals surface area (Å²) in [6, 6.07) is -2.73. The van der Waals surface area contributed by atoms with E-state index in [0.717, 1.165) is 19.1 Å². The molecule has 3 N–H and O–H groups in total. The number of hydrogen-bond acceptors (Lipinski definition) is 7. The normalized spacial score (nSPS) is 34.2. The van der Waals surface area contributed by atoms with Gasteiger partial charge in [0.2, 0.25) is 21.8 Å². The van der Waals surface area contributed by atoms with Crippen molar-refractivity contribution < 1.29 is 32.1 Å². The Morgan fingerprint density at radius 1 is 0.960 bits per heavy atom. The molecule has 4 amide bonds. The van der Waals surface area contributed by atoms with Gasteiger partial charge in [0.25, 0.3) is 0 Å². The van der Waals surface area contributed by atoms with Gasteiger partial charge in [-0.3, -0.25) is 9.59 Å². The van der Waals surface area contributed by atoms with Crippen LogP contribution in [0.4, 0.5) is 4.79 Å². The molecule has 2 aliphatic heterocycles. The van der Waals surface area contributed by atoms with Crippen LogP contribution < -0.4 is 16.0 Å². The Labute approximate surface area is 301 Å². The number of likely N-dealkylation sites (tertiary alicyclic amines) is 1. The Kier molecular flexibility index (Phi) is 9.92. The van der Waals surface area contributed by atoms with Crippen molar-refractivity contribution in [1.82, 2.24) is 25.2 Å². The summed E-state index contributed by atoms with van der Waals surface area (Å²) in [6.45, 7) is 25.1. The lowest BCUT2D eigenvalue weighted by atomic mass is 9.43. The lowest BCUT2D eigenvalue weighted by Crippen LogP contribution is -2.65. The molecule has 0 aromatic carbocycles. The topological polar surface area (TPSA) is 146 Å². The molecule has 6 rings (SSSR count). The summed E-state index contributed by atoms with van der Waals surface area (Å²) in [6.07, 6.45) is 3.85. The molecule has 2 heterocycles. The van der Waals surface area contributed by atoms with Crippen molar-refractivity contribution in [3.8, 4) is 0 Å². The molecular formula is C36H64BN5O7S. The van der Waals surface area contributed by atoms with E-state index in [1.54, 1.807) is 4.90 Å². The predicted molar refractivity (Wildman–Crippen MR) is 194 cm³/mol. The van der Waals surface area contributed by atoms with E-state index in [0.29, 0.717) is 24.8 Å². The van der Waals surface area contributed by atoms with E-state index in [9.17, 15) is 22.8 Å². The highest BCUT2D eigenvalue weighted by atomic mass is 32.2. The van der Waals surface area contributed by atoms with Crippen molar-refractivity contribution in [3.63, 3.8) is 0 Å². The van der Waals surface area contributed by atoms with Crippen LogP contribution in [0.1, 0.15) is 102 Å². The molecule has 0 radical (unpaired) electrons. The zero-order valence-corrected chi connectivity index (χ0v) is 33.8. The Morgan fingerprint density at radius 2 is 1.58 bits per heavy atom. The number of likely N-dealkylation sites (N-methyl/N-ethyl adjacent to an activating group) is 1. The quantitative estimate of drug-likeness (QED) is 0.292. The minimum Gasteiger partial charge on any atom is -0.404 e. The molecule has 2 bridgehead atoms.